The predicted octanol–water partition coefficient (Wildman–Crippen LogP) is 5.20. The molecule has 0 aliphatic carbocycles. The first-order valence-corrected chi connectivity index (χ1v) is 16.6. The second-order valence-corrected chi connectivity index (χ2v) is 12.6. The van der Waals surface area contributed by atoms with Crippen molar-refractivity contribution >= 4 is 35.1 Å². The van der Waals surface area contributed by atoms with E-state index in [4.69, 9.17) is 26.8 Å². The van der Waals surface area contributed by atoms with Crippen molar-refractivity contribution in [2.45, 2.75) is 38.3 Å². The number of nitrogens with one attached hydrogen (secondary N) is 2. The maximum atomic E-state index is 13.0. The molecule has 0 saturated carbocycles. The fraction of sp³-hybridized carbons (Fsp3) is 0.417. The van der Waals surface area contributed by atoms with Gasteiger partial charge in [-0.15, -0.1) is 0 Å². The number of halogens is 1. The molecule has 5 rings (SSSR count). The second kappa shape index (κ2) is 16.7. The van der Waals surface area contributed by atoms with Crippen molar-refractivity contribution in [3.63, 3.8) is 0 Å². The summed E-state index contributed by atoms with van der Waals surface area (Å²) in [6.07, 6.45) is 2.38. The Morgan fingerprint density at radius 1 is 0.915 bits per heavy atom. The van der Waals surface area contributed by atoms with Crippen LogP contribution in [0.2, 0.25) is 5.02 Å². The van der Waals surface area contributed by atoms with E-state index in [-0.39, 0.29) is 30.3 Å². The monoisotopic (exact) mass is 661 g/mol. The zero-order chi connectivity index (χ0) is 33.2. The highest BCUT2D eigenvalue weighted by Gasteiger charge is 2.25. The van der Waals surface area contributed by atoms with Gasteiger partial charge < -0.3 is 25.4 Å². The Hall–Kier alpha value is -3.96. The molecule has 11 heteroatoms. The van der Waals surface area contributed by atoms with E-state index in [1.54, 1.807) is 13.2 Å². The molecule has 2 aliphatic rings. The Balaban J connectivity index is 1.02. The topological polar surface area (TPSA) is 126 Å². The number of benzene rings is 3. The molecule has 250 valence electrons. The average molecular weight is 662 g/mol. The van der Waals surface area contributed by atoms with Gasteiger partial charge in [0.1, 0.15) is 11.9 Å². The van der Waals surface area contributed by atoms with Gasteiger partial charge in [0.25, 0.3) is 0 Å². The maximum absolute atomic E-state index is 13.0. The van der Waals surface area contributed by atoms with Crippen LogP contribution >= 0.6 is 11.6 Å². The number of ether oxygens (including phenoxy) is 2. The highest BCUT2D eigenvalue weighted by molar-refractivity contribution is 6.34. The van der Waals surface area contributed by atoms with Gasteiger partial charge in [0.2, 0.25) is 5.91 Å². The SMILES string of the molecule is COc1cc(C(=O)CNCCN2CCC(OC(=O)Nc3ccccc3-c3ccccc3)CC2)c(Cl)cc1CN1CCC(C(N)=O)CC1. The third-order valence-electron chi connectivity index (χ3n) is 9.00. The number of nitrogens with zero attached hydrogens (tertiary/aromatic N) is 2. The Labute approximate surface area is 281 Å². The van der Waals surface area contributed by atoms with E-state index in [2.05, 4.69) is 20.4 Å². The van der Waals surface area contributed by atoms with E-state index in [0.29, 0.717) is 29.4 Å². The molecule has 2 aliphatic heterocycles. The number of nitrogens with two attached hydrogens (primary N) is 1. The molecule has 0 unspecified atom stereocenters. The number of amides is 2. The molecule has 2 amide bonds. The lowest BCUT2D eigenvalue weighted by molar-refractivity contribution is -0.123. The Morgan fingerprint density at radius 2 is 1.60 bits per heavy atom. The number of Topliss-reactive ketones (excluding diaryl/α,β-unsaturated/α-hetero) is 1. The van der Waals surface area contributed by atoms with Gasteiger partial charge in [-0.25, -0.2) is 4.79 Å². The molecule has 4 N–H and O–H groups in total. The number of rotatable bonds is 13. The summed E-state index contributed by atoms with van der Waals surface area (Å²) in [6, 6.07) is 21.2. The van der Waals surface area contributed by atoms with Crippen LogP contribution in [0.15, 0.2) is 66.7 Å². The normalized spacial score (nSPS) is 16.5. The van der Waals surface area contributed by atoms with Crippen LogP contribution in [-0.2, 0) is 16.1 Å². The number of ketones is 1. The van der Waals surface area contributed by atoms with Gasteiger partial charge in [0.15, 0.2) is 5.78 Å². The maximum Gasteiger partial charge on any atom is 0.411 e. The first kappa shape index (κ1) is 34.4. The fourth-order valence-electron chi connectivity index (χ4n) is 6.28. The highest BCUT2D eigenvalue weighted by Crippen LogP contribution is 2.30. The van der Waals surface area contributed by atoms with Crippen LogP contribution in [-0.4, -0.2) is 86.6 Å². The van der Waals surface area contributed by atoms with E-state index in [1.807, 2.05) is 60.7 Å². The van der Waals surface area contributed by atoms with Crippen molar-refractivity contribution in [2.24, 2.45) is 11.7 Å². The molecule has 0 atom stereocenters. The summed E-state index contributed by atoms with van der Waals surface area (Å²) in [5.74, 6) is 0.209. The van der Waals surface area contributed by atoms with Crippen LogP contribution in [0.25, 0.3) is 11.1 Å². The van der Waals surface area contributed by atoms with Gasteiger partial charge in [-0.2, -0.15) is 0 Å². The molecule has 0 bridgehead atoms. The van der Waals surface area contributed by atoms with Crippen molar-refractivity contribution in [2.75, 3.05) is 58.2 Å². The minimum absolute atomic E-state index is 0.0712. The molecular formula is C36H44ClN5O5. The van der Waals surface area contributed by atoms with E-state index in [1.165, 1.54) is 0 Å². The molecule has 10 nitrogen and oxygen atoms in total. The largest absolute Gasteiger partial charge is 0.496 e. The predicted molar refractivity (Wildman–Crippen MR) is 184 cm³/mol. The number of hydrogen-bond acceptors (Lipinski definition) is 8. The number of hydrogen-bond donors (Lipinski definition) is 3. The zero-order valence-electron chi connectivity index (χ0n) is 26.9. The van der Waals surface area contributed by atoms with Crippen molar-refractivity contribution < 1.29 is 23.9 Å². The summed E-state index contributed by atoms with van der Waals surface area (Å²) >= 11 is 6.57. The number of anilines is 1. The van der Waals surface area contributed by atoms with Crippen LogP contribution in [0.3, 0.4) is 0 Å². The van der Waals surface area contributed by atoms with Crippen molar-refractivity contribution in [3.8, 4) is 16.9 Å². The second-order valence-electron chi connectivity index (χ2n) is 12.2. The Bertz CT molecular complexity index is 1520. The van der Waals surface area contributed by atoms with Crippen LogP contribution in [0, 0.1) is 5.92 Å². The summed E-state index contributed by atoms with van der Waals surface area (Å²) in [5, 5.41) is 6.56. The van der Waals surface area contributed by atoms with Crippen LogP contribution in [0.5, 0.6) is 5.75 Å². The molecule has 0 spiro atoms. The van der Waals surface area contributed by atoms with Crippen molar-refractivity contribution in [1.29, 1.82) is 0 Å². The van der Waals surface area contributed by atoms with Gasteiger partial charge in [0, 0.05) is 55.3 Å². The average Bonchev–Trinajstić information content (AvgIpc) is 3.08. The molecule has 2 saturated heterocycles. The van der Waals surface area contributed by atoms with E-state index >= 15 is 0 Å². The first-order chi connectivity index (χ1) is 22.8. The number of piperidine rings is 2. The number of carbonyl (C=O) groups is 3. The van der Waals surface area contributed by atoms with E-state index in [9.17, 15) is 14.4 Å². The van der Waals surface area contributed by atoms with Crippen molar-refractivity contribution in [3.05, 3.63) is 82.9 Å². The molecule has 3 aromatic rings. The number of methoxy groups -OCH3 is 1. The lowest BCUT2D eigenvalue weighted by atomic mass is 9.96. The van der Waals surface area contributed by atoms with Gasteiger partial charge in [-0.3, -0.25) is 19.8 Å². The number of likely N-dealkylation sites (tertiary alicyclic amines) is 2. The molecule has 0 radical (unpaired) electrons. The zero-order valence-corrected chi connectivity index (χ0v) is 27.6. The number of carbonyl (C=O) groups excluding carboxylic acids is 3. The third kappa shape index (κ3) is 9.54. The summed E-state index contributed by atoms with van der Waals surface area (Å²) < 4.78 is 11.4. The highest BCUT2D eigenvalue weighted by atomic mass is 35.5. The van der Waals surface area contributed by atoms with Gasteiger partial charge >= 0.3 is 6.09 Å². The number of primary amides is 1. The molecule has 2 heterocycles. The standard InChI is InChI=1S/C36H44ClN5O5/c1-46-34-22-30(31(37)21-27(34)24-42-16-11-26(12-17-42)35(38)44)33(43)23-39-15-20-41-18-13-28(14-19-41)47-36(45)40-32-10-6-5-9-29(32)25-7-3-2-4-8-25/h2-10,21-22,26,28,39H,11-20,23-24H2,1H3,(H2,38,44)(H,40,45). The fourth-order valence-corrected chi connectivity index (χ4v) is 6.57. The molecule has 47 heavy (non-hydrogen) atoms. The lowest BCUT2D eigenvalue weighted by Crippen LogP contribution is -2.42. The summed E-state index contributed by atoms with van der Waals surface area (Å²) in [4.78, 5) is 41.8. The minimum Gasteiger partial charge on any atom is -0.496 e. The van der Waals surface area contributed by atoms with Gasteiger partial charge in [-0.1, -0.05) is 60.1 Å². The number of para-hydroxylation sites is 1. The molecule has 2 fully saturated rings. The Morgan fingerprint density at radius 3 is 2.30 bits per heavy atom. The van der Waals surface area contributed by atoms with Crippen LogP contribution in [0.4, 0.5) is 10.5 Å². The summed E-state index contributed by atoms with van der Waals surface area (Å²) in [7, 11) is 1.59. The third-order valence-corrected chi connectivity index (χ3v) is 9.31. The first-order valence-electron chi connectivity index (χ1n) is 16.3. The van der Waals surface area contributed by atoms with Gasteiger partial charge in [-0.05, 0) is 62.5 Å². The van der Waals surface area contributed by atoms with Crippen LogP contribution < -0.4 is 21.1 Å². The van der Waals surface area contributed by atoms with Crippen LogP contribution in [0.1, 0.15) is 41.6 Å². The quantitative estimate of drug-likeness (QED) is 0.169. The van der Waals surface area contributed by atoms with E-state index in [0.717, 1.165) is 80.8 Å². The summed E-state index contributed by atoms with van der Waals surface area (Å²) in [5.41, 5.74) is 9.48. The summed E-state index contributed by atoms with van der Waals surface area (Å²) in [6.45, 7) is 5.34. The smallest absolute Gasteiger partial charge is 0.411 e. The molecule has 3 aromatic carbocycles. The lowest BCUT2D eigenvalue weighted by Gasteiger charge is -2.31. The van der Waals surface area contributed by atoms with E-state index < -0.39 is 6.09 Å². The Kier molecular flexibility index (Phi) is 12.2. The van der Waals surface area contributed by atoms with Crippen molar-refractivity contribution in [1.82, 2.24) is 15.1 Å². The van der Waals surface area contributed by atoms with Gasteiger partial charge in [0.05, 0.1) is 24.4 Å². The minimum atomic E-state index is -0.444. The molecular weight excluding hydrogens is 618 g/mol. The molecule has 0 aromatic heterocycles.